The van der Waals surface area contributed by atoms with Gasteiger partial charge in [-0.05, 0) is 23.6 Å². The Bertz CT molecular complexity index is 1330. The first kappa shape index (κ1) is 19.8. The van der Waals surface area contributed by atoms with Gasteiger partial charge in [0.25, 0.3) is 5.56 Å². The van der Waals surface area contributed by atoms with Crippen LogP contribution in [0.2, 0.25) is 0 Å². The molecule has 3 heterocycles. The maximum Gasteiger partial charge on any atom is 0.331 e. The summed E-state index contributed by atoms with van der Waals surface area (Å²) in [5, 5.41) is 0.536. The molecule has 0 atom stereocenters. The number of hydrogen-bond acceptors (Lipinski definition) is 3. The van der Waals surface area contributed by atoms with E-state index in [1.165, 1.54) is 17.7 Å². The minimum absolute atomic E-state index is 0.269. The Hall–Kier alpha value is -3.48. The Morgan fingerprint density at radius 1 is 1.10 bits per heavy atom. The fourth-order valence-corrected chi connectivity index (χ4v) is 3.69. The molecule has 30 heavy (non-hydrogen) atoms. The molecule has 0 aliphatic carbocycles. The average Bonchev–Trinajstić information content (AvgIpc) is 3.13. The zero-order valence-corrected chi connectivity index (χ0v) is 17.1. The molecule has 1 N–H and O–H groups in total. The second-order valence-electron chi connectivity index (χ2n) is 7.90. The largest absolute Gasteiger partial charge is 0.362 e. The average molecular weight is 406 g/mol. The minimum Gasteiger partial charge on any atom is -0.362 e. The zero-order chi connectivity index (χ0) is 21.4. The maximum atomic E-state index is 13.4. The first-order chi connectivity index (χ1) is 14.3. The Morgan fingerprint density at radius 2 is 1.83 bits per heavy atom. The molecule has 0 saturated heterocycles. The van der Waals surface area contributed by atoms with Crippen LogP contribution in [0.3, 0.4) is 0 Å². The topological polar surface area (TPSA) is 72.7 Å². The Balaban J connectivity index is 1.72. The summed E-state index contributed by atoms with van der Waals surface area (Å²) in [5.74, 6) is -0.247. The van der Waals surface area contributed by atoms with Crippen molar-refractivity contribution in [2.24, 2.45) is 13.0 Å². The highest BCUT2D eigenvalue weighted by molar-refractivity contribution is 5.81. The molecule has 7 heteroatoms. The Kier molecular flexibility index (Phi) is 5.11. The van der Waals surface area contributed by atoms with E-state index in [1.807, 2.05) is 38.1 Å². The number of nitrogens with one attached hydrogen (secondary N) is 1. The van der Waals surface area contributed by atoms with Gasteiger partial charge in [-0.25, -0.2) is 9.78 Å². The molecule has 0 aliphatic rings. The summed E-state index contributed by atoms with van der Waals surface area (Å²) in [5.41, 5.74) is 3.16. The molecular formula is C23H23FN4O2. The van der Waals surface area contributed by atoms with Crippen molar-refractivity contribution < 1.29 is 4.39 Å². The zero-order valence-electron chi connectivity index (χ0n) is 17.1. The molecule has 4 aromatic rings. The van der Waals surface area contributed by atoms with E-state index in [2.05, 4.69) is 9.97 Å². The van der Waals surface area contributed by atoms with Gasteiger partial charge in [0.1, 0.15) is 0 Å². The lowest BCUT2D eigenvalue weighted by Gasteiger charge is -2.12. The van der Waals surface area contributed by atoms with E-state index in [-0.39, 0.29) is 17.2 Å². The second kappa shape index (κ2) is 7.74. The second-order valence-corrected chi connectivity index (χ2v) is 7.90. The fraction of sp³-hybridized carbons (Fsp3) is 0.261. The van der Waals surface area contributed by atoms with Crippen molar-refractivity contribution in [1.29, 1.82) is 0 Å². The first-order valence-electron chi connectivity index (χ1n) is 9.87. The highest BCUT2D eigenvalue weighted by Gasteiger charge is 2.17. The summed E-state index contributed by atoms with van der Waals surface area (Å²) >= 11 is 0. The lowest BCUT2D eigenvalue weighted by Crippen LogP contribution is -2.38. The van der Waals surface area contributed by atoms with Crippen LogP contribution < -0.4 is 11.2 Å². The number of benzene rings is 1. The fourth-order valence-electron chi connectivity index (χ4n) is 3.69. The van der Waals surface area contributed by atoms with Crippen LogP contribution in [0.4, 0.5) is 4.39 Å². The van der Waals surface area contributed by atoms with E-state index < -0.39 is 5.95 Å². The quantitative estimate of drug-likeness (QED) is 0.516. The smallest absolute Gasteiger partial charge is 0.331 e. The van der Waals surface area contributed by atoms with E-state index in [9.17, 15) is 14.0 Å². The molecule has 6 nitrogen and oxygen atoms in total. The van der Waals surface area contributed by atoms with E-state index in [4.69, 9.17) is 0 Å². The molecule has 0 fully saturated rings. The van der Waals surface area contributed by atoms with Gasteiger partial charge < -0.3 is 4.98 Å². The van der Waals surface area contributed by atoms with E-state index >= 15 is 0 Å². The van der Waals surface area contributed by atoms with Gasteiger partial charge in [-0.3, -0.25) is 13.9 Å². The van der Waals surface area contributed by atoms with Crippen molar-refractivity contribution in [1.82, 2.24) is 19.1 Å². The van der Waals surface area contributed by atoms with Crippen LogP contribution in [0, 0.1) is 11.9 Å². The lowest BCUT2D eigenvalue weighted by molar-refractivity contribution is 0.502. The molecule has 1 aromatic carbocycles. The SMILES string of the molecule is CC(C)Cn1c(=O)n(C)c(=O)c2c(Cc3ccc(-c4cccc(F)n4)cc3)[nH]cc21. The van der Waals surface area contributed by atoms with Gasteiger partial charge in [-0.15, -0.1) is 0 Å². The molecule has 4 rings (SSSR count). The summed E-state index contributed by atoms with van der Waals surface area (Å²) in [6.45, 7) is 4.61. The molecule has 0 radical (unpaired) electrons. The number of aromatic amines is 1. The molecule has 3 aromatic heterocycles. The van der Waals surface area contributed by atoms with E-state index in [0.29, 0.717) is 29.6 Å². The van der Waals surface area contributed by atoms with Crippen LogP contribution in [-0.4, -0.2) is 19.1 Å². The number of fused-ring (bicyclic) bond motifs is 1. The number of rotatable bonds is 5. The molecular weight excluding hydrogens is 383 g/mol. The summed E-state index contributed by atoms with van der Waals surface area (Å²) in [6.07, 6.45) is 2.25. The van der Waals surface area contributed by atoms with Crippen molar-refractivity contribution >= 4 is 10.9 Å². The lowest BCUT2D eigenvalue weighted by atomic mass is 10.0. The van der Waals surface area contributed by atoms with Crippen LogP contribution >= 0.6 is 0 Å². The van der Waals surface area contributed by atoms with Crippen LogP contribution in [0.1, 0.15) is 25.1 Å². The third kappa shape index (κ3) is 3.58. The van der Waals surface area contributed by atoms with Crippen molar-refractivity contribution in [3.63, 3.8) is 0 Å². The molecule has 0 saturated carbocycles. The monoisotopic (exact) mass is 406 g/mol. The number of aromatic nitrogens is 4. The van der Waals surface area contributed by atoms with Gasteiger partial charge >= 0.3 is 5.69 Å². The number of H-pyrrole nitrogens is 1. The standard InChI is InChI=1S/C23H23FN4O2/c1-14(2)13-28-19-12-25-18(21(19)22(29)27(3)23(28)30)11-15-7-9-16(10-8-15)17-5-4-6-20(24)26-17/h4-10,12,14,25H,11,13H2,1-3H3. The molecule has 0 unspecified atom stereocenters. The van der Waals surface area contributed by atoms with Crippen molar-refractivity contribution in [3.05, 3.63) is 86.7 Å². The van der Waals surface area contributed by atoms with Gasteiger partial charge in [-0.2, -0.15) is 4.39 Å². The highest BCUT2D eigenvalue weighted by atomic mass is 19.1. The maximum absolute atomic E-state index is 13.4. The highest BCUT2D eigenvalue weighted by Crippen LogP contribution is 2.21. The van der Waals surface area contributed by atoms with Gasteiger partial charge in [0.05, 0.1) is 16.6 Å². The van der Waals surface area contributed by atoms with Crippen LogP contribution in [0.25, 0.3) is 22.2 Å². The van der Waals surface area contributed by atoms with Crippen molar-refractivity contribution in [2.75, 3.05) is 0 Å². The Morgan fingerprint density at radius 3 is 2.50 bits per heavy atom. The number of halogens is 1. The van der Waals surface area contributed by atoms with Crippen LogP contribution in [0.5, 0.6) is 0 Å². The number of pyridine rings is 1. The molecule has 0 spiro atoms. The first-order valence-corrected chi connectivity index (χ1v) is 9.87. The van der Waals surface area contributed by atoms with Gasteiger partial charge in [-0.1, -0.05) is 44.2 Å². The number of nitrogens with zero attached hydrogens (tertiary/aromatic N) is 3. The van der Waals surface area contributed by atoms with Gasteiger partial charge in [0, 0.05) is 37.5 Å². The predicted molar refractivity (Wildman–Crippen MR) is 115 cm³/mol. The minimum atomic E-state index is -0.516. The summed E-state index contributed by atoms with van der Waals surface area (Å²) in [4.78, 5) is 32.5. The number of hydrogen-bond donors (Lipinski definition) is 1. The van der Waals surface area contributed by atoms with Crippen molar-refractivity contribution in [2.45, 2.75) is 26.8 Å². The molecule has 0 amide bonds. The van der Waals surface area contributed by atoms with Crippen LogP contribution in [-0.2, 0) is 20.0 Å². The van der Waals surface area contributed by atoms with E-state index in [0.717, 1.165) is 16.8 Å². The van der Waals surface area contributed by atoms with Gasteiger partial charge in [0.2, 0.25) is 5.95 Å². The normalized spacial score (nSPS) is 11.5. The van der Waals surface area contributed by atoms with Gasteiger partial charge in [0.15, 0.2) is 0 Å². The molecule has 0 bridgehead atoms. The molecule has 0 aliphatic heterocycles. The summed E-state index contributed by atoms with van der Waals surface area (Å²) < 4.78 is 16.2. The summed E-state index contributed by atoms with van der Waals surface area (Å²) in [7, 11) is 1.51. The Labute approximate surface area is 172 Å². The predicted octanol–water partition coefficient (Wildman–Crippen LogP) is 3.48. The third-order valence-corrected chi connectivity index (χ3v) is 5.16. The summed E-state index contributed by atoms with van der Waals surface area (Å²) in [6, 6.07) is 12.3. The van der Waals surface area contributed by atoms with Crippen LogP contribution in [0.15, 0.2) is 58.3 Å². The third-order valence-electron chi connectivity index (χ3n) is 5.16. The molecule has 154 valence electrons. The van der Waals surface area contributed by atoms with Crippen molar-refractivity contribution in [3.8, 4) is 11.3 Å². The van der Waals surface area contributed by atoms with E-state index in [1.54, 1.807) is 22.9 Å².